The first kappa shape index (κ1) is 7.53. The summed E-state index contributed by atoms with van der Waals surface area (Å²) >= 11 is 0. The number of rotatable bonds is 2. The zero-order chi connectivity index (χ0) is 9.10. The molecule has 0 radical (unpaired) electrons. The van der Waals surface area contributed by atoms with Gasteiger partial charge in [-0.2, -0.15) is 10.1 Å². The fraction of sp³-hybridized carbons (Fsp3) is 0. The first-order valence-electron chi connectivity index (χ1n) is 3.56. The number of H-pyrrole nitrogens is 1. The van der Waals surface area contributed by atoms with Crippen molar-refractivity contribution in [2.45, 2.75) is 0 Å². The average molecular weight is 178 g/mol. The van der Waals surface area contributed by atoms with Crippen molar-refractivity contribution >= 4 is 11.9 Å². The first-order valence-corrected chi connectivity index (χ1v) is 3.56. The first-order chi connectivity index (χ1) is 6.36. The van der Waals surface area contributed by atoms with Gasteiger partial charge < -0.3 is 4.42 Å². The molecular formula is C7H6N4O2. The molecule has 0 aliphatic heterocycles. The van der Waals surface area contributed by atoms with Crippen LogP contribution >= 0.6 is 0 Å². The maximum atomic E-state index is 11.3. The number of furan rings is 1. The second kappa shape index (κ2) is 3.10. The van der Waals surface area contributed by atoms with Crippen LogP contribution in [0.25, 0.3) is 0 Å². The Morgan fingerprint density at radius 2 is 2.54 bits per heavy atom. The predicted octanol–water partition coefficient (Wildman–Crippen LogP) is 0.650. The van der Waals surface area contributed by atoms with Gasteiger partial charge in [-0.1, -0.05) is 0 Å². The smallest absolute Gasteiger partial charge is 0.293 e. The van der Waals surface area contributed by atoms with Gasteiger partial charge in [0, 0.05) is 0 Å². The van der Waals surface area contributed by atoms with Crippen LogP contribution in [-0.4, -0.2) is 21.1 Å². The minimum atomic E-state index is -0.359. The number of hydrogen-bond acceptors (Lipinski definition) is 4. The quantitative estimate of drug-likeness (QED) is 0.707. The number of aromatic nitrogens is 3. The molecule has 0 bridgehead atoms. The molecule has 0 unspecified atom stereocenters. The molecule has 0 spiro atoms. The van der Waals surface area contributed by atoms with Gasteiger partial charge in [-0.05, 0) is 12.1 Å². The van der Waals surface area contributed by atoms with E-state index < -0.39 is 0 Å². The molecule has 2 heterocycles. The van der Waals surface area contributed by atoms with Crippen molar-refractivity contribution in [1.82, 2.24) is 15.2 Å². The Morgan fingerprint density at radius 1 is 1.62 bits per heavy atom. The summed E-state index contributed by atoms with van der Waals surface area (Å²) < 4.78 is 4.87. The Morgan fingerprint density at radius 3 is 3.15 bits per heavy atom. The lowest BCUT2D eigenvalue weighted by atomic mass is 10.4. The van der Waals surface area contributed by atoms with E-state index in [0.29, 0.717) is 5.95 Å². The van der Waals surface area contributed by atoms with Gasteiger partial charge >= 0.3 is 0 Å². The minimum absolute atomic E-state index is 0.233. The molecule has 0 fully saturated rings. The van der Waals surface area contributed by atoms with E-state index in [4.69, 9.17) is 4.42 Å². The molecule has 2 aromatic heterocycles. The fourth-order valence-corrected chi connectivity index (χ4v) is 0.843. The number of aromatic amines is 1. The Bertz CT molecular complexity index is 379. The molecule has 66 valence electrons. The van der Waals surface area contributed by atoms with Crippen molar-refractivity contribution in [2.75, 3.05) is 5.32 Å². The summed E-state index contributed by atoms with van der Waals surface area (Å²) in [5.74, 6) is 0.166. The fourth-order valence-electron chi connectivity index (χ4n) is 0.843. The highest BCUT2D eigenvalue weighted by Crippen LogP contribution is 2.02. The lowest BCUT2D eigenvalue weighted by Crippen LogP contribution is -2.11. The van der Waals surface area contributed by atoms with Crippen molar-refractivity contribution in [2.24, 2.45) is 0 Å². The molecule has 2 N–H and O–H groups in total. The summed E-state index contributed by atoms with van der Waals surface area (Å²) in [6, 6.07) is 3.20. The molecule has 2 rings (SSSR count). The molecule has 0 aromatic carbocycles. The normalized spacial score (nSPS) is 9.85. The molecule has 13 heavy (non-hydrogen) atoms. The maximum Gasteiger partial charge on any atom is 0.293 e. The van der Waals surface area contributed by atoms with Crippen molar-refractivity contribution in [3.8, 4) is 0 Å². The molecule has 0 atom stereocenters. The molecule has 2 aromatic rings. The Hall–Kier alpha value is -2.11. The highest BCUT2D eigenvalue weighted by molar-refractivity contribution is 6.01. The van der Waals surface area contributed by atoms with E-state index in [2.05, 4.69) is 20.5 Å². The summed E-state index contributed by atoms with van der Waals surface area (Å²) in [5, 5.41) is 8.53. The van der Waals surface area contributed by atoms with Crippen molar-refractivity contribution in [1.29, 1.82) is 0 Å². The van der Waals surface area contributed by atoms with E-state index in [9.17, 15) is 4.79 Å². The molecule has 0 saturated carbocycles. The summed E-state index contributed by atoms with van der Waals surface area (Å²) in [4.78, 5) is 15.0. The molecule has 1 amide bonds. The van der Waals surface area contributed by atoms with Gasteiger partial charge in [-0.25, -0.2) is 5.10 Å². The molecule has 6 nitrogen and oxygen atoms in total. The summed E-state index contributed by atoms with van der Waals surface area (Å²) in [6.45, 7) is 0. The second-order valence-electron chi connectivity index (χ2n) is 2.27. The number of amides is 1. The van der Waals surface area contributed by atoms with E-state index in [1.807, 2.05) is 0 Å². The van der Waals surface area contributed by atoms with E-state index in [0.717, 1.165) is 0 Å². The van der Waals surface area contributed by atoms with Crippen molar-refractivity contribution in [3.05, 3.63) is 30.5 Å². The van der Waals surface area contributed by atoms with Gasteiger partial charge in [0.15, 0.2) is 5.76 Å². The number of nitrogens with zero attached hydrogens (tertiary/aromatic N) is 2. The van der Waals surface area contributed by atoms with E-state index in [1.165, 1.54) is 12.6 Å². The zero-order valence-corrected chi connectivity index (χ0v) is 6.52. The van der Waals surface area contributed by atoms with Crippen molar-refractivity contribution in [3.63, 3.8) is 0 Å². The van der Waals surface area contributed by atoms with Gasteiger partial charge in [0.25, 0.3) is 5.91 Å². The van der Waals surface area contributed by atoms with Gasteiger partial charge in [-0.3, -0.25) is 10.1 Å². The van der Waals surface area contributed by atoms with Gasteiger partial charge in [0.1, 0.15) is 6.33 Å². The molecule has 6 heteroatoms. The summed E-state index contributed by atoms with van der Waals surface area (Å²) in [7, 11) is 0. The van der Waals surface area contributed by atoms with Gasteiger partial charge in [0.05, 0.1) is 6.26 Å². The van der Waals surface area contributed by atoms with Crippen LogP contribution < -0.4 is 5.32 Å². The third-order valence-corrected chi connectivity index (χ3v) is 1.39. The van der Waals surface area contributed by atoms with Crippen LogP contribution in [-0.2, 0) is 0 Å². The largest absolute Gasteiger partial charge is 0.459 e. The van der Waals surface area contributed by atoms with Crippen molar-refractivity contribution < 1.29 is 9.21 Å². The van der Waals surface area contributed by atoms with Crippen LogP contribution in [0.1, 0.15) is 10.6 Å². The third kappa shape index (κ3) is 1.56. The SMILES string of the molecule is O=C(Nc1ncn[nH]1)c1ccco1. The van der Waals surface area contributed by atoms with Gasteiger partial charge in [0.2, 0.25) is 5.95 Å². The molecule has 0 aliphatic carbocycles. The van der Waals surface area contributed by atoms with E-state index >= 15 is 0 Å². The highest BCUT2D eigenvalue weighted by Gasteiger charge is 2.09. The van der Waals surface area contributed by atoms with Crippen LogP contribution in [0.5, 0.6) is 0 Å². The lowest BCUT2D eigenvalue weighted by molar-refractivity contribution is 0.0996. The van der Waals surface area contributed by atoms with E-state index in [1.54, 1.807) is 12.1 Å². The minimum Gasteiger partial charge on any atom is -0.459 e. The number of hydrogen-bond donors (Lipinski definition) is 2. The Kier molecular flexibility index (Phi) is 1.79. The number of nitrogens with one attached hydrogen (secondary N) is 2. The van der Waals surface area contributed by atoms with Crippen LogP contribution in [0.3, 0.4) is 0 Å². The van der Waals surface area contributed by atoms with Gasteiger partial charge in [-0.15, -0.1) is 0 Å². The zero-order valence-electron chi connectivity index (χ0n) is 6.52. The molecule has 0 aliphatic rings. The van der Waals surface area contributed by atoms with E-state index in [-0.39, 0.29) is 11.7 Å². The number of anilines is 1. The van der Waals surface area contributed by atoms with Crippen LogP contribution in [0.15, 0.2) is 29.1 Å². The Labute approximate surface area is 73.0 Å². The summed E-state index contributed by atoms with van der Waals surface area (Å²) in [5.41, 5.74) is 0. The van der Waals surface area contributed by atoms with Crippen LogP contribution in [0, 0.1) is 0 Å². The Balaban J connectivity index is 2.08. The standard InChI is InChI=1S/C7H6N4O2/c12-6(5-2-1-3-13-5)10-7-8-4-9-11-7/h1-4H,(H2,8,9,10,11,12). The highest BCUT2D eigenvalue weighted by atomic mass is 16.3. The second-order valence-corrected chi connectivity index (χ2v) is 2.27. The predicted molar refractivity (Wildman–Crippen MR) is 43.0 cm³/mol. The maximum absolute atomic E-state index is 11.3. The number of carbonyl (C=O) groups excluding carboxylic acids is 1. The monoisotopic (exact) mass is 178 g/mol. The molecular weight excluding hydrogens is 172 g/mol. The average Bonchev–Trinajstić information content (AvgIpc) is 2.74. The van der Waals surface area contributed by atoms with Crippen LogP contribution in [0.2, 0.25) is 0 Å². The van der Waals surface area contributed by atoms with Crippen LogP contribution in [0.4, 0.5) is 5.95 Å². The summed E-state index contributed by atoms with van der Waals surface area (Å²) in [6.07, 6.45) is 2.73. The molecule has 0 saturated heterocycles. The number of carbonyl (C=O) groups is 1. The lowest BCUT2D eigenvalue weighted by Gasteiger charge is -1.95. The third-order valence-electron chi connectivity index (χ3n) is 1.39. The topological polar surface area (TPSA) is 83.8 Å².